The molecule has 1 rings (SSSR count). The molecule has 0 radical (unpaired) electrons. The fourth-order valence-corrected chi connectivity index (χ4v) is 1.31. The molecule has 3 amide bonds. The highest BCUT2D eigenvalue weighted by atomic mass is 19.2. The largest absolute Gasteiger partial charge is 0.351 e. The molecule has 17 heavy (non-hydrogen) atoms. The first-order valence-electron chi connectivity index (χ1n) is 4.65. The van der Waals surface area contributed by atoms with Crippen molar-refractivity contribution in [2.75, 3.05) is 0 Å². The molecule has 0 aromatic heterocycles. The second kappa shape index (κ2) is 4.86. The van der Waals surface area contributed by atoms with E-state index in [0.29, 0.717) is 6.07 Å². The molecule has 4 nitrogen and oxygen atoms in total. The maximum atomic E-state index is 13.6. The van der Waals surface area contributed by atoms with Crippen LogP contribution in [0.4, 0.5) is 18.0 Å². The standard InChI is InChI=1S/C10H9F3N2O2/c1-2-4-7(12)5(3-6(11)8(4)13)9(16)15-10(14)17/h3H,2H2,1H3,(H3,14,15,16,17). The van der Waals surface area contributed by atoms with Gasteiger partial charge in [-0.1, -0.05) is 6.92 Å². The van der Waals surface area contributed by atoms with E-state index in [-0.39, 0.29) is 6.42 Å². The zero-order valence-corrected chi connectivity index (χ0v) is 8.81. The lowest BCUT2D eigenvalue weighted by molar-refractivity contribution is 0.0961. The lowest BCUT2D eigenvalue weighted by Crippen LogP contribution is -2.35. The third kappa shape index (κ3) is 2.55. The van der Waals surface area contributed by atoms with Crippen molar-refractivity contribution in [3.63, 3.8) is 0 Å². The summed E-state index contributed by atoms with van der Waals surface area (Å²) in [4.78, 5) is 21.7. The molecule has 0 spiro atoms. The second-order valence-corrected chi connectivity index (χ2v) is 3.18. The Morgan fingerprint density at radius 2 is 1.88 bits per heavy atom. The topological polar surface area (TPSA) is 72.2 Å². The van der Waals surface area contributed by atoms with Crippen molar-refractivity contribution in [2.24, 2.45) is 5.73 Å². The Bertz CT molecular complexity index is 489. The number of primary amides is 1. The van der Waals surface area contributed by atoms with Crippen LogP contribution in [0.5, 0.6) is 0 Å². The third-order valence-electron chi connectivity index (χ3n) is 2.08. The van der Waals surface area contributed by atoms with Crippen LogP contribution >= 0.6 is 0 Å². The molecular weight excluding hydrogens is 237 g/mol. The maximum absolute atomic E-state index is 13.6. The molecular formula is C10H9F3N2O2. The minimum absolute atomic E-state index is 0.133. The van der Waals surface area contributed by atoms with E-state index in [4.69, 9.17) is 0 Å². The van der Waals surface area contributed by atoms with Gasteiger partial charge in [-0.25, -0.2) is 18.0 Å². The number of urea groups is 1. The van der Waals surface area contributed by atoms with E-state index >= 15 is 0 Å². The number of hydrogen-bond acceptors (Lipinski definition) is 2. The fourth-order valence-electron chi connectivity index (χ4n) is 1.31. The Hall–Kier alpha value is -2.05. The van der Waals surface area contributed by atoms with Gasteiger partial charge in [0, 0.05) is 5.56 Å². The van der Waals surface area contributed by atoms with Gasteiger partial charge in [0.05, 0.1) is 5.56 Å². The SMILES string of the molecule is CCc1c(F)c(F)cc(C(=O)NC(N)=O)c1F. The zero-order chi connectivity index (χ0) is 13.2. The Balaban J connectivity index is 3.30. The van der Waals surface area contributed by atoms with Crippen molar-refractivity contribution in [3.05, 3.63) is 34.6 Å². The number of amides is 3. The van der Waals surface area contributed by atoms with Crippen LogP contribution in [0.25, 0.3) is 0 Å². The van der Waals surface area contributed by atoms with Crippen molar-refractivity contribution >= 4 is 11.9 Å². The van der Waals surface area contributed by atoms with Gasteiger partial charge in [-0.05, 0) is 12.5 Å². The number of carbonyl (C=O) groups is 2. The van der Waals surface area contributed by atoms with Crippen LogP contribution in [0.2, 0.25) is 0 Å². The summed E-state index contributed by atoms with van der Waals surface area (Å²) in [6, 6.07) is -0.834. The van der Waals surface area contributed by atoms with Gasteiger partial charge in [0.25, 0.3) is 5.91 Å². The third-order valence-corrected chi connectivity index (χ3v) is 2.08. The zero-order valence-electron chi connectivity index (χ0n) is 8.81. The van der Waals surface area contributed by atoms with E-state index in [2.05, 4.69) is 5.73 Å². The van der Waals surface area contributed by atoms with Gasteiger partial charge in [-0.15, -0.1) is 0 Å². The monoisotopic (exact) mass is 246 g/mol. The molecule has 0 saturated carbocycles. The Morgan fingerprint density at radius 1 is 1.29 bits per heavy atom. The predicted octanol–water partition coefficient (Wildman–Crippen LogP) is 1.47. The first kappa shape index (κ1) is 13.0. The molecule has 0 aliphatic rings. The van der Waals surface area contributed by atoms with E-state index in [1.54, 1.807) is 5.32 Å². The molecule has 0 fully saturated rings. The summed E-state index contributed by atoms with van der Waals surface area (Å²) < 4.78 is 39.8. The molecule has 0 aliphatic carbocycles. The smallest absolute Gasteiger partial charge is 0.319 e. The molecule has 0 unspecified atom stereocenters. The maximum Gasteiger partial charge on any atom is 0.319 e. The van der Waals surface area contributed by atoms with E-state index in [0.717, 1.165) is 0 Å². The van der Waals surface area contributed by atoms with Crippen molar-refractivity contribution in [1.29, 1.82) is 0 Å². The summed E-state index contributed by atoms with van der Waals surface area (Å²) in [5.41, 5.74) is 3.34. The highest BCUT2D eigenvalue weighted by molar-refractivity contribution is 6.04. The number of benzene rings is 1. The van der Waals surface area contributed by atoms with E-state index in [1.807, 2.05) is 0 Å². The lowest BCUT2D eigenvalue weighted by atomic mass is 10.1. The fraction of sp³-hybridized carbons (Fsp3) is 0.200. The van der Waals surface area contributed by atoms with Crippen LogP contribution in [0.1, 0.15) is 22.8 Å². The number of carbonyl (C=O) groups excluding carboxylic acids is 2. The number of hydrogen-bond donors (Lipinski definition) is 2. The highest BCUT2D eigenvalue weighted by Gasteiger charge is 2.22. The van der Waals surface area contributed by atoms with E-state index in [1.165, 1.54) is 6.92 Å². The van der Waals surface area contributed by atoms with Gasteiger partial charge in [-0.3, -0.25) is 10.1 Å². The lowest BCUT2D eigenvalue weighted by Gasteiger charge is -2.08. The Morgan fingerprint density at radius 3 is 2.35 bits per heavy atom. The van der Waals surface area contributed by atoms with Gasteiger partial charge in [0.2, 0.25) is 0 Å². The average Bonchev–Trinajstić information content (AvgIpc) is 2.23. The molecule has 0 bridgehead atoms. The van der Waals surface area contributed by atoms with Gasteiger partial charge in [-0.2, -0.15) is 0 Å². The van der Waals surface area contributed by atoms with E-state index < -0.39 is 40.5 Å². The minimum atomic E-state index is -1.36. The minimum Gasteiger partial charge on any atom is -0.351 e. The molecule has 1 aromatic rings. The van der Waals surface area contributed by atoms with Crippen LogP contribution in [0, 0.1) is 17.5 Å². The number of halogens is 3. The summed E-state index contributed by atoms with van der Waals surface area (Å²) in [7, 11) is 0. The molecule has 92 valence electrons. The summed E-state index contributed by atoms with van der Waals surface area (Å²) in [5, 5.41) is 1.57. The molecule has 3 N–H and O–H groups in total. The van der Waals surface area contributed by atoms with Crippen LogP contribution in [-0.2, 0) is 6.42 Å². The quantitative estimate of drug-likeness (QED) is 0.775. The van der Waals surface area contributed by atoms with Crippen LogP contribution in [-0.4, -0.2) is 11.9 Å². The molecule has 0 saturated heterocycles. The summed E-state index contributed by atoms with van der Waals surface area (Å²) in [6.07, 6.45) is -0.133. The predicted molar refractivity (Wildman–Crippen MR) is 52.7 cm³/mol. The van der Waals surface area contributed by atoms with Crippen molar-refractivity contribution in [1.82, 2.24) is 5.32 Å². The normalized spacial score (nSPS) is 10.1. The summed E-state index contributed by atoms with van der Waals surface area (Å²) in [6.45, 7) is 1.40. The van der Waals surface area contributed by atoms with Crippen molar-refractivity contribution < 1.29 is 22.8 Å². The van der Waals surface area contributed by atoms with E-state index in [9.17, 15) is 22.8 Å². The first-order chi connectivity index (χ1) is 7.88. The average molecular weight is 246 g/mol. The van der Waals surface area contributed by atoms with Gasteiger partial charge in [0.15, 0.2) is 11.6 Å². The van der Waals surface area contributed by atoms with Gasteiger partial charge in [0.1, 0.15) is 5.82 Å². The van der Waals surface area contributed by atoms with Crippen molar-refractivity contribution in [2.45, 2.75) is 13.3 Å². The number of imide groups is 1. The number of rotatable bonds is 2. The number of nitrogens with two attached hydrogens (primary N) is 1. The molecule has 0 atom stereocenters. The van der Waals surface area contributed by atoms with Crippen LogP contribution in [0.15, 0.2) is 6.07 Å². The molecule has 0 heterocycles. The Kier molecular flexibility index (Phi) is 3.72. The first-order valence-corrected chi connectivity index (χ1v) is 4.65. The van der Waals surface area contributed by atoms with Crippen molar-refractivity contribution in [3.8, 4) is 0 Å². The summed E-state index contributed by atoms with van der Waals surface area (Å²) >= 11 is 0. The molecule has 0 aliphatic heterocycles. The highest BCUT2D eigenvalue weighted by Crippen LogP contribution is 2.20. The summed E-state index contributed by atoms with van der Waals surface area (Å²) in [5.74, 6) is -5.13. The van der Waals surface area contributed by atoms with Gasteiger partial charge >= 0.3 is 6.03 Å². The van der Waals surface area contributed by atoms with Crippen LogP contribution in [0.3, 0.4) is 0 Å². The molecule has 7 heteroatoms. The second-order valence-electron chi connectivity index (χ2n) is 3.18. The Labute approximate surface area is 94.6 Å². The van der Waals surface area contributed by atoms with Crippen LogP contribution < -0.4 is 11.1 Å². The molecule has 1 aromatic carbocycles. The number of nitrogens with one attached hydrogen (secondary N) is 1. The van der Waals surface area contributed by atoms with Gasteiger partial charge < -0.3 is 5.73 Å².